The summed E-state index contributed by atoms with van der Waals surface area (Å²) in [4.78, 5) is 21.2. The maximum absolute atomic E-state index is 12.4. The first kappa shape index (κ1) is 22.7. The number of nitrogens with zero attached hydrogens (tertiary/aromatic N) is 3. The minimum absolute atomic E-state index is 0.0550. The van der Waals surface area contributed by atoms with Crippen molar-refractivity contribution < 1.29 is 18.7 Å². The van der Waals surface area contributed by atoms with Crippen LogP contribution in [0.3, 0.4) is 0 Å². The summed E-state index contributed by atoms with van der Waals surface area (Å²) in [5, 5.41) is 3.35. The topological polar surface area (TPSA) is 79.5 Å². The quantitative estimate of drug-likeness (QED) is 0.376. The lowest BCUT2D eigenvalue weighted by molar-refractivity contribution is 0.0657. The van der Waals surface area contributed by atoms with Crippen LogP contribution in [0.25, 0.3) is 0 Å². The standard InChI is InChI=1S/C23H32N4O4/c1-3-24-23(25-11-5-16-30-18-19-7-9-20(29-2)10-8-19)27-14-12-26(13-15-27)22(28)21-6-4-17-31-21/h4,6-10,17H,3,5,11-16,18H2,1-2H3,(H,24,25). The van der Waals surface area contributed by atoms with E-state index in [4.69, 9.17) is 18.9 Å². The molecule has 31 heavy (non-hydrogen) atoms. The second-order valence-corrected chi connectivity index (χ2v) is 7.25. The predicted octanol–water partition coefficient (Wildman–Crippen LogP) is 2.62. The van der Waals surface area contributed by atoms with E-state index < -0.39 is 0 Å². The first-order valence-corrected chi connectivity index (χ1v) is 10.8. The number of guanidine groups is 1. The van der Waals surface area contributed by atoms with Gasteiger partial charge in [0, 0.05) is 45.9 Å². The molecule has 1 aromatic heterocycles. The lowest BCUT2D eigenvalue weighted by Gasteiger charge is -2.36. The van der Waals surface area contributed by atoms with Crippen LogP contribution in [-0.4, -0.2) is 74.7 Å². The van der Waals surface area contributed by atoms with Gasteiger partial charge >= 0.3 is 0 Å². The molecule has 1 aliphatic rings. The highest BCUT2D eigenvalue weighted by atomic mass is 16.5. The highest BCUT2D eigenvalue weighted by Gasteiger charge is 2.25. The van der Waals surface area contributed by atoms with E-state index in [0.29, 0.717) is 38.6 Å². The van der Waals surface area contributed by atoms with Crippen LogP contribution < -0.4 is 10.1 Å². The summed E-state index contributed by atoms with van der Waals surface area (Å²) >= 11 is 0. The molecule has 1 aromatic carbocycles. The second kappa shape index (κ2) is 12.0. The predicted molar refractivity (Wildman–Crippen MR) is 119 cm³/mol. The van der Waals surface area contributed by atoms with Gasteiger partial charge in [-0.25, -0.2) is 0 Å². The zero-order chi connectivity index (χ0) is 21.9. The van der Waals surface area contributed by atoms with Crippen LogP contribution in [0.2, 0.25) is 0 Å². The number of carbonyl (C=O) groups excluding carboxylic acids is 1. The zero-order valence-electron chi connectivity index (χ0n) is 18.4. The molecule has 1 fully saturated rings. The molecule has 8 nitrogen and oxygen atoms in total. The molecular weight excluding hydrogens is 396 g/mol. The molecule has 3 rings (SSSR count). The van der Waals surface area contributed by atoms with Crippen LogP contribution in [0.5, 0.6) is 5.75 Å². The van der Waals surface area contributed by atoms with Gasteiger partial charge < -0.3 is 29.0 Å². The van der Waals surface area contributed by atoms with Crippen LogP contribution in [-0.2, 0) is 11.3 Å². The monoisotopic (exact) mass is 428 g/mol. The second-order valence-electron chi connectivity index (χ2n) is 7.25. The van der Waals surface area contributed by atoms with Gasteiger partial charge in [-0.15, -0.1) is 0 Å². The van der Waals surface area contributed by atoms with Gasteiger partial charge in [-0.1, -0.05) is 12.1 Å². The maximum atomic E-state index is 12.4. The highest BCUT2D eigenvalue weighted by Crippen LogP contribution is 2.12. The number of rotatable bonds is 9. The van der Waals surface area contributed by atoms with Gasteiger partial charge in [0.15, 0.2) is 11.7 Å². The van der Waals surface area contributed by atoms with E-state index in [2.05, 4.69) is 17.1 Å². The molecule has 1 N–H and O–H groups in total. The van der Waals surface area contributed by atoms with E-state index in [0.717, 1.165) is 43.3 Å². The third-order valence-corrected chi connectivity index (χ3v) is 5.07. The van der Waals surface area contributed by atoms with Crippen molar-refractivity contribution in [3.8, 4) is 5.75 Å². The Morgan fingerprint density at radius 3 is 2.52 bits per heavy atom. The minimum atomic E-state index is -0.0550. The number of amides is 1. The number of ether oxygens (including phenoxy) is 2. The molecule has 0 radical (unpaired) electrons. The van der Waals surface area contributed by atoms with Gasteiger partial charge in [-0.05, 0) is 43.2 Å². The normalized spacial score (nSPS) is 14.6. The first-order valence-electron chi connectivity index (χ1n) is 10.8. The van der Waals surface area contributed by atoms with Gasteiger partial charge in [0.25, 0.3) is 5.91 Å². The molecule has 0 saturated carbocycles. The number of hydrogen-bond acceptors (Lipinski definition) is 5. The van der Waals surface area contributed by atoms with E-state index in [1.165, 1.54) is 6.26 Å². The molecule has 1 saturated heterocycles. The summed E-state index contributed by atoms with van der Waals surface area (Å²) in [6.45, 7) is 7.57. The summed E-state index contributed by atoms with van der Waals surface area (Å²) in [5.41, 5.74) is 1.12. The molecular formula is C23H32N4O4. The van der Waals surface area contributed by atoms with Gasteiger partial charge in [0.2, 0.25) is 0 Å². The number of benzene rings is 1. The van der Waals surface area contributed by atoms with E-state index >= 15 is 0 Å². The fraction of sp³-hybridized carbons (Fsp3) is 0.478. The summed E-state index contributed by atoms with van der Waals surface area (Å²) in [7, 11) is 1.66. The molecule has 1 amide bonds. The van der Waals surface area contributed by atoms with Crippen LogP contribution in [0.15, 0.2) is 52.1 Å². The van der Waals surface area contributed by atoms with Gasteiger partial charge in [-0.3, -0.25) is 9.79 Å². The number of carbonyl (C=O) groups is 1. The Bertz CT molecular complexity index is 813. The van der Waals surface area contributed by atoms with Crippen molar-refractivity contribution in [3.05, 3.63) is 54.0 Å². The van der Waals surface area contributed by atoms with E-state index in [-0.39, 0.29) is 5.91 Å². The Morgan fingerprint density at radius 1 is 1.13 bits per heavy atom. The molecule has 2 aromatic rings. The third-order valence-electron chi connectivity index (χ3n) is 5.07. The number of methoxy groups -OCH3 is 1. The van der Waals surface area contributed by atoms with Gasteiger partial charge in [0.05, 0.1) is 20.0 Å². The Morgan fingerprint density at radius 2 is 1.87 bits per heavy atom. The van der Waals surface area contributed by atoms with E-state index in [9.17, 15) is 4.79 Å². The number of furan rings is 1. The Labute approximate surface area is 183 Å². The van der Waals surface area contributed by atoms with Crippen molar-refractivity contribution in [3.63, 3.8) is 0 Å². The zero-order valence-corrected chi connectivity index (χ0v) is 18.4. The Kier molecular flexibility index (Phi) is 8.78. The highest BCUT2D eigenvalue weighted by molar-refractivity contribution is 5.91. The minimum Gasteiger partial charge on any atom is -0.497 e. The SMILES string of the molecule is CCNC(=NCCCOCc1ccc(OC)cc1)N1CCN(C(=O)c2ccco2)CC1. The number of piperazine rings is 1. The number of aliphatic imine (C=N–C) groups is 1. The molecule has 0 bridgehead atoms. The lowest BCUT2D eigenvalue weighted by atomic mass is 10.2. The number of hydrogen-bond donors (Lipinski definition) is 1. The Balaban J connectivity index is 1.39. The summed E-state index contributed by atoms with van der Waals surface area (Å²) in [6.07, 6.45) is 2.38. The largest absolute Gasteiger partial charge is 0.497 e. The van der Waals surface area contributed by atoms with Gasteiger partial charge in [-0.2, -0.15) is 0 Å². The fourth-order valence-corrected chi connectivity index (χ4v) is 3.37. The summed E-state index contributed by atoms with van der Waals surface area (Å²) < 4.78 is 16.2. The van der Waals surface area contributed by atoms with E-state index in [1.54, 1.807) is 19.2 Å². The van der Waals surface area contributed by atoms with Crippen LogP contribution >= 0.6 is 0 Å². The molecule has 0 atom stereocenters. The van der Waals surface area contributed by atoms with Crippen molar-refractivity contribution in [2.45, 2.75) is 20.0 Å². The van der Waals surface area contributed by atoms with Crippen molar-refractivity contribution >= 4 is 11.9 Å². The average Bonchev–Trinajstić information content (AvgIpc) is 3.35. The lowest BCUT2D eigenvalue weighted by Crippen LogP contribution is -2.53. The third kappa shape index (κ3) is 6.75. The number of nitrogens with one attached hydrogen (secondary N) is 1. The van der Waals surface area contributed by atoms with Crippen LogP contribution in [0.1, 0.15) is 29.5 Å². The van der Waals surface area contributed by atoms with E-state index in [1.807, 2.05) is 29.2 Å². The maximum Gasteiger partial charge on any atom is 0.289 e. The Hall–Kier alpha value is -3.00. The van der Waals surface area contributed by atoms with Crippen molar-refractivity contribution in [1.82, 2.24) is 15.1 Å². The smallest absolute Gasteiger partial charge is 0.289 e. The average molecular weight is 429 g/mol. The fourth-order valence-electron chi connectivity index (χ4n) is 3.37. The van der Waals surface area contributed by atoms with Gasteiger partial charge in [0.1, 0.15) is 5.75 Å². The first-order chi connectivity index (χ1) is 15.2. The molecule has 0 aliphatic carbocycles. The molecule has 0 unspecified atom stereocenters. The van der Waals surface area contributed by atoms with Crippen molar-refractivity contribution in [2.75, 3.05) is 53.0 Å². The summed E-state index contributed by atoms with van der Waals surface area (Å²) in [6, 6.07) is 11.3. The molecule has 2 heterocycles. The van der Waals surface area contributed by atoms with Crippen LogP contribution in [0, 0.1) is 0 Å². The molecule has 168 valence electrons. The molecule has 0 spiro atoms. The molecule has 8 heteroatoms. The van der Waals surface area contributed by atoms with Crippen LogP contribution in [0.4, 0.5) is 0 Å². The molecule has 1 aliphatic heterocycles. The van der Waals surface area contributed by atoms with Crippen molar-refractivity contribution in [2.24, 2.45) is 4.99 Å². The van der Waals surface area contributed by atoms with Crippen molar-refractivity contribution in [1.29, 1.82) is 0 Å². The summed E-state index contributed by atoms with van der Waals surface area (Å²) in [5.74, 6) is 2.08.